The van der Waals surface area contributed by atoms with Crippen molar-refractivity contribution >= 4 is 11.4 Å². The molecule has 0 radical (unpaired) electrons. The van der Waals surface area contributed by atoms with Crippen LogP contribution >= 0.6 is 0 Å². The van der Waals surface area contributed by atoms with Gasteiger partial charge in [0.1, 0.15) is 0 Å². The summed E-state index contributed by atoms with van der Waals surface area (Å²) >= 11 is 0. The van der Waals surface area contributed by atoms with Crippen molar-refractivity contribution in [1.29, 1.82) is 0 Å². The van der Waals surface area contributed by atoms with Gasteiger partial charge in [0.05, 0.1) is 11.4 Å². The Labute approximate surface area is 118 Å². The lowest BCUT2D eigenvalue weighted by molar-refractivity contribution is 0.645. The third kappa shape index (κ3) is 4.45. The van der Waals surface area contributed by atoms with Crippen LogP contribution in [0.5, 0.6) is 0 Å². The van der Waals surface area contributed by atoms with Gasteiger partial charge in [0.2, 0.25) is 0 Å². The van der Waals surface area contributed by atoms with E-state index in [0.29, 0.717) is 0 Å². The van der Waals surface area contributed by atoms with Crippen LogP contribution in [0.15, 0.2) is 24.3 Å². The molecule has 1 aromatic rings. The molecule has 1 aliphatic rings. The molecule has 2 nitrogen and oxygen atoms in total. The maximum absolute atomic E-state index is 3.63. The van der Waals surface area contributed by atoms with E-state index in [1.54, 1.807) is 0 Å². The monoisotopic (exact) mass is 260 g/mol. The first kappa shape index (κ1) is 14.2. The molecule has 0 bridgehead atoms. The van der Waals surface area contributed by atoms with Gasteiger partial charge in [0, 0.05) is 19.6 Å². The zero-order valence-electron chi connectivity index (χ0n) is 12.3. The summed E-state index contributed by atoms with van der Waals surface area (Å²) < 4.78 is 0. The Morgan fingerprint density at radius 3 is 2.53 bits per heavy atom. The standard InChI is InChI=1S/C17H28N2/c1-2-3-4-5-8-13-18-16-11-6-7-12-17(16)19-14-9-10-15-19/h6-7,11-12,18H,2-5,8-10,13-15H2,1H3. The van der Waals surface area contributed by atoms with Gasteiger partial charge in [-0.2, -0.15) is 0 Å². The minimum Gasteiger partial charge on any atom is -0.383 e. The number of hydrogen-bond donors (Lipinski definition) is 1. The van der Waals surface area contributed by atoms with Gasteiger partial charge in [0.15, 0.2) is 0 Å². The molecule has 0 amide bonds. The van der Waals surface area contributed by atoms with Crippen LogP contribution in [0.3, 0.4) is 0 Å². The predicted octanol–water partition coefficient (Wildman–Crippen LogP) is 4.67. The summed E-state index contributed by atoms with van der Waals surface area (Å²) in [6, 6.07) is 8.77. The van der Waals surface area contributed by atoms with Crippen LogP contribution in [0.4, 0.5) is 11.4 Å². The highest BCUT2D eigenvalue weighted by Gasteiger charge is 2.14. The van der Waals surface area contributed by atoms with Crippen LogP contribution in [0, 0.1) is 0 Å². The van der Waals surface area contributed by atoms with Crippen molar-refractivity contribution in [2.75, 3.05) is 29.9 Å². The van der Waals surface area contributed by atoms with Crippen molar-refractivity contribution in [2.24, 2.45) is 0 Å². The second-order valence-electron chi connectivity index (χ2n) is 5.55. The first-order valence-corrected chi connectivity index (χ1v) is 7.99. The lowest BCUT2D eigenvalue weighted by Crippen LogP contribution is -2.19. The van der Waals surface area contributed by atoms with E-state index in [2.05, 4.69) is 41.4 Å². The van der Waals surface area contributed by atoms with Gasteiger partial charge < -0.3 is 10.2 Å². The second kappa shape index (κ2) is 8.08. The normalized spacial score (nSPS) is 14.9. The Bertz CT molecular complexity index is 356. The van der Waals surface area contributed by atoms with Crippen LogP contribution in [0.25, 0.3) is 0 Å². The van der Waals surface area contributed by atoms with E-state index in [4.69, 9.17) is 0 Å². The smallest absolute Gasteiger partial charge is 0.0602 e. The fraction of sp³-hybridized carbons (Fsp3) is 0.647. The van der Waals surface area contributed by atoms with Crippen molar-refractivity contribution < 1.29 is 0 Å². The van der Waals surface area contributed by atoms with E-state index in [-0.39, 0.29) is 0 Å². The zero-order valence-corrected chi connectivity index (χ0v) is 12.3. The van der Waals surface area contributed by atoms with Gasteiger partial charge in [-0.25, -0.2) is 0 Å². The topological polar surface area (TPSA) is 15.3 Å². The molecule has 1 N–H and O–H groups in total. The van der Waals surface area contributed by atoms with E-state index in [1.165, 1.54) is 69.4 Å². The van der Waals surface area contributed by atoms with Gasteiger partial charge in [-0.15, -0.1) is 0 Å². The van der Waals surface area contributed by atoms with Crippen molar-refractivity contribution in [3.05, 3.63) is 24.3 Å². The molecule has 0 atom stereocenters. The molecule has 2 rings (SSSR count). The summed E-state index contributed by atoms with van der Waals surface area (Å²) in [6.45, 7) is 5.81. The molecule has 0 spiro atoms. The Hall–Kier alpha value is -1.18. The molecule has 1 fully saturated rings. The molecule has 0 unspecified atom stereocenters. The van der Waals surface area contributed by atoms with Crippen LogP contribution in [0.2, 0.25) is 0 Å². The maximum atomic E-state index is 3.63. The molecule has 1 aromatic carbocycles. The molecule has 1 aliphatic heterocycles. The van der Waals surface area contributed by atoms with E-state index < -0.39 is 0 Å². The zero-order chi connectivity index (χ0) is 13.3. The summed E-state index contributed by atoms with van der Waals surface area (Å²) in [5.41, 5.74) is 2.72. The van der Waals surface area contributed by atoms with Gasteiger partial charge >= 0.3 is 0 Å². The number of nitrogens with one attached hydrogen (secondary N) is 1. The van der Waals surface area contributed by atoms with Crippen molar-refractivity contribution in [3.8, 4) is 0 Å². The number of anilines is 2. The molecule has 106 valence electrons. The van der Waals surface area contributed by atoms with E-state index in [1.807, 2.05) is 0 Å². The minimum absolute atomic E-state index is 1.11. The third-order valence-electron chi connectivity index (χ3n) is 3.95. The molecule has 1 heterocycles. The van der Waals surface area contributed by atoms with Gasteiger partial charge in [-0.3, -0.25) is 0 Å². The number of hydrogen-bond acceptors (Lipinski definition) is 2. The average Bonchev–Trinajstić information content (AvgIpc) is 2.97. The molecule has 1 saturated heterocycles. The number of para-hydroxylation sites is 2. The summed E-state index contributed by atoms with van der Waals surface area (Å²) in [4.78, 5) is 2.51. The Balaban J connectivity index is 1.79. The highest BCUT2D eigenvalue weighted by molar-refractivity contribution is 5.70. The molecule has 0 aliphatic carbocycles. The van der Waals surface area contributed by atoms with E-state index >= 15 is 0 Å². The second-order valence-corrected chi connectivity index (χ2v) is 5.55. The van der Waals surface area contributed by atoms with E-state index in [9.17, 15) is 0 Å². The van der Waals surface area contributed by atoms with Crippen molar-refractivity contribution in [1.82, 2.24) is 0 Å². The Morgan fingerprint density at radius 2 is 1.74 bits per heavy atom. The highest BCUT2D eigenvalue weighted by atomic mass is 15.2. The van der Waals surface area contributed by atoms with Gasteiger partial charge in [-0.1, -0.05) is 44.7 Å². The number of rotatable bonds is 8. The minimum atomic E-state index is 1.11. The van der Waals surface area contributed by atoms with Crippen molar-refractivity contribution in [3.63, 3.8) is 0 Å². The first-order valence-electron chi connectivity index (χ1n) is 7.99. The van der Waals surface area contributed by atoms with Crippen LogP contribution < -0.4 is 10.2 Å². The summed E-state index contributed by atoms with van der Waals surface area (Å²) in [6.07, 6.45) is 9.40. The molecular weight excluding hydrogens is 232 g/mol. The first-order chi connectivity index (χ1) is 9.42. The third-order valence-corrected chi connectivity index (χ3v) is 3.95. The summed E-state index contributed by atoms with van der Waals surface area (Å²) in [5, 5.41) is 3.63. The molecule has 0 aromatic heterocycles. The van der Waals surface area contributed by atoms with Gasteiger partial charge in [-0.05, 0) is 31.4 Å². The fourth-order valence-corrected chi connectivity index (χ4v) is 2.81. The van der Waals surface area contributed by atoms with Crippen LogP contribution in [-0.4, -0.2) is 19.6 Å². The highest BCUT2D eigenvalue weighted by Crippen LogP contribution is 2.28. The van der Waals surface area contributed by atoms with Crippen LogP contribution in [0.1, 0.15) is 51.9 Å². The fourth-order valence-electron chi connectivity index (χ4n) is 2.81. The largest absolute Gasteiger partial charge is 0.383 e. The number of unbranched alkanes of at least 4 members (excludes halogenated alkanes) is 4. The molecule has 0 saturated carbocycles. The van der Waals surface area contributed by atoms with Crippen LogP contribution in [-0.2, 0) is 0 Å². The lowest BCUT2D eigenvalue weighted by Gasteiger charge is -2.22. The number of nitrogens with zero attached hydrogens (tertiary/aromatic N) is 1. The summed E-state index contributed by atoms with van der Waals surface area (Å²) in [7, 11) is 0. The molecule has 19 heavy (non-hydrogen) atoms. The average molecular weight is 260 g/mol. The Kier molecular flexibility index (Phi) is 6.06. The maximum Gasteiger partial charge on any atom is 0.0602 e. The van der Waals surface area contributed by atoms with Gasteiger partial charge in [0.25, 0.3) is 0 Å². The Morgan fingerprint density at radius 1 is 1.00 bits per heavy atom. The van der Waals surface area contributed by atoms with Crippen molar-refractivity contribution in [2.45, 2.75) is 51.9 Å². The molecule has 2 heteroatoms. The predicted molar refractivity (Wildman–Crippen MR) is 85.1 cm³/mol. The molecular formula is C17H28N2. The summed E-state index contributed by atoms with van der Waals surface area (Å²) in [5.74, 6) is 0. The quantitative estimate of drug-likeness (QED) is 0.683. The number of benzene rings is 1. The SMILES string of the molecule is CCCCCCCNc1ccccc1N1CCCC1. The van der Waals surface area contributed by atoms with E-state index in [0.717, 1.165) is 6.54 Å². The lowest BCUT2D eigenvalue weighted by atomic mass is 10.1.